The van der Waals surface area contributed by atoms with Gasteiger partial charge in [0.2, 0.25) is 0 Å². The maximum absolute atomic E-state index is 11.1. The van der Waals surface area contributed by atoms with E-state index in [1.165, 1.54) is 22.9 Å². The molecule has 0 radical (unpaired) electrons. The third kappa shape index (κ3) is 4.83. The number of hydrogen-bond donors (Lipinski definition) is 2. The zero-order chi connectivity index (χ0) is 16.2. The first kappa shape index (κ1) is 19.0. The molecule has 3 rings (SSSR count). The van der Waals surface area contributed by atoms with E-state index in [0.29, 0.717) is 12.3 Å². The lowest BCUT2D eigenvalue weighted by Gasteiger charge is -2.29. The molecule has 2 aliphatic rings. The molecule has 0 fully saturated rings. The van der Waals surface area contributed by atoms with Gasteiger partial charge in [0.05, 0.1) is 11.9 Å². The average Bonchev–Trinajstić information content (AvgIpc) is 2.57. The molecule has 2 N–H and O–H groups in total. The van der Waals surface area contributed by atoms with E-state index in [4.69, 9.17) is 0 Å². The molecule has 1 unspecified atom stereocenters. The minimum Gasteiger partial charge on any atom is -0.387 e. The molecule has 24 heavy (non-hydrogen) atoms. The molecule has 7 heteroatoms. The third-order valence-electron chi connectivity index (χ3n) is 4.08. The SMILES string of the molecule is Cc1ccc(C(O)CN2CC=C(C3=NNC(=O)CS3)CC2)cc1.Cl. The lowest BCUT2D eigenvalue weighted by Crippen LogP contribution is -2.34. The van der Waals surface area contributed by atoms with Crippen LogP contribution in [0.4, 0.5) is 0 Å². The number of aliphatic hydroxyl groups is 1. The van der Waals surface area contributed by atoms with E-state index in [9.17, 15) is 9.90 Å². The Hall–Kier alpha value is -1.34. The van der Waals surface area contributed by atoms with Gasteiger partial charge in [0, 0.05) is 19.6 Å². The van der Waals surface area contributed by atoms with E-state index >= 15 is 0 Å². The standard InChI is InChI=1S/C17H21N3O2S.ClH/c1-12-2-4-13(5-3-12)15(21)10-20-8-6-14(7-9-20)17-19-18-16(22)11-23-17;/h2-6,15,21H,7-11H2,1H3,(H,18,22);1H. The number of thioether (sulfide) groups is 1. The Bertz CT molecular complexity index is 646. The van der Waals surface area contributed by atoms with Crippen molar-refractivity contribution in [2.24, 2.45) is 5.10 Å². The molecule has 0 aromatic heterocycles. The van der Waals surface area contributed by atoms with Crippen molar-refractivity contribution in [2.45, 2.75) is 19.4 Å². The first-order chi connectivity index (χ1) is 11.1. The maximum Gasteiger partial charge on any atom is 0.250 e. The number of β-amino-alcohol motifs (C(OH)–C–C–N with tert-alkyl or cyclic N) is 1. The van der Waals surface area contributed by atoms with Gasteiger partial charge in [-0.1, -0.05) is 47.7 Å². The number of aliphatic hydroxyl groups excluding tert-OH is 1. The molecule has 0 saturated carbocycles. The third-order valence-corrected chi connectivity index (χ3v) is 5.12. The number of rotatable bonds is 4. The Kier molecular flexibility index (Phi) is 6.86. The fourth-order valence-corrected chi connectivity index (χ4v) is 3.50. The zero-order valence-electron chi connectivity index (χ0n) is 13.6. The summed E-state index contributed by atoms with van der Waals surface area (Å²) < 4.78 is 0. The van der Waals surface area contributed by atoms with Crippen molar-refractivity contribution >= 4 is 35.1 Å². The lowest BCUT2D eigenvalue weighted by atomic mass is 10.0. The molecule has 2 heterocycles. The molecule has 130 valence electrons. The number of amides is 1. The van der Waals surface area contributed by atoms with Crippen LogP contribution < -0.4 is 5.43 Å². The number of nitrogens with one attached hydrogen (secondary N) is 1. The molecule has 1 aromatic rings. The summed E-state index contributed by atoms with van der Waals surface area (Å²) in [6.45, 7) is 4.36. The highest BCUT2D eigenvalue weighted by Gasteiger charge is 2.21. The van der Waals surface area contributed by atoms with E-state index < -0.39 is 6.10 Å². The van der Waals surface area contributed by atoms with E-state index in [0.717, 1.165) is 30.1 Å². The Morgan fingerprint density at radius 1 is 1.38 bits per heavy atom. The van der Waals surface area contributed by atoms with Gasteiger partial charge < -0.3 is 5.11 Å². The monoisotopic (exact) mass is 367 g/mol. The molecule has 0 saturated heterocycles. The number of carbonyl (C=O) groups excluding carboxylic acids is 1. The molecule has 2 aliphatic heterocycles. The fraction of sp³-hybridized carbons (Fsp3) is 0.412. The summed E-state index contributed by atoms with van der Waals surface area (Å²) in [5, 5.41) is 15.4. The van der Waals surface area contributed by atoms with Crippen LogP contribution in [-0.4, -0.2) is 46.3 Å². The normalized spacial score (nSPS) is 19.7. The predicted molar refractivity (Wildman–Crippen MR) is 101 cm³/mol. The topological polar surface area (TPSA) is 64.9 Å². The second kappa shape index (κ2) is 8.67. The second-order valence-electron chi connectivity index (χ2n) is 5.91. The van der Waals surface area contributed by atoms with Gasteiger partial charge in [-0.15, -0.1) is 12.4 Å². The second-order valence-corrected chi connectivity index (χ2v) is 6.87. The summed E-state index contributed by atoms with van der Waals surface area (Å²) >= 11 is 1.49. The summed E-state index contributed by atoms with van der Waals surface area (Å²) in [5.41, 5.74) is 5.88. The van der Waals surface area contributed by atoms with Crippen LogP contribution in [0.15, 0.2) is 41.0 Å². The number of hydrazone groups is 1. The first-order valence-corrected chi connectivity index (χ1v) is 8.76. The highest BCUT2D eigenvalue weighted by atomic mass is 35.5. The lowest BCUT2D eigenvalue weighted by molar-refractivity contribution is -0.118. The van der Waals surface area contributed by atoms with Gasteiger partial charge in [0.25, 0.3) is 5.91 Å². The van der Waals surface area contributed by atoms with Crippen molar-refractivity contribution < 1.29 is 9.90 Å². The van der Waals surface area contributed by atoms with Crippen molar-refractivity contribution in [2.75, 3.05) is 25.4 Å². The smallest absolute Gasteiger partial charge is 0.250 e. The van der Waals surface area contributed by atoms with E-state index in [1.54, 1.807) is 0 Å². The number of hydrogen-bond acceptors (Lipinski definition) is 5. The largest absolute Gasteiger partial charge is 0.387 e. The quantitative estimate of drug-likeness (QED) is 0.856. The minimum atomic E-state index is -0.466. The van der Waals surface area contributed by atoms with Crippen LogP contribution in [0.3, 0.4) is 0 Å². The number of halogens is 1. The Labute approximate surface area is 152 Å². The summed E-state index contributed by atoms with van der Waals surface area (Å²) in [4.78, 5) is 13.4. The van der Waals surface area contributed by atoms with Crippen LogP contribution in [0.25, 0.3) is 0 Å². The Balaban J connectivity index is 0.00000208. The van der Waals surface area contributed by atoms with Crippen molar-refractivity contribution in [3.63, 3.8) is 0 Å². The highest BCUT2D eigenvalue weighted by Crippen LogP contribution is 2.23. The van der Waals surface area contributed by atoms with Gasteiger partial charge >= 0.3 is 0 Å². The zero-order valence-corrected chi connectivity index (χ0v) is 15.2. The van der Waals surface area contributed by atoms with Gasteiger partial charge in [0.1, 0.15) is 5.04 Å². The molecule has 0 spiro atoms. The Morgan fingerprint density at radius 3 is 2.71 bits per heavy atom. The van der Waals surface area contributed by atoms with Crippen molar-refractivity contribution in [3.8, 4) is 0 Å². The van der Waals surface area contributed by atoms with Crippen LogP contribution in [0.5, 0.6) is 0 Å². The van der Waals surface area contributed by atoms with Crippen LogP contribution in [0, 0.1) is 6.92 Å². The molecule has 1 amide bonds. The van der Waals surface area contributed by atoms with Crippen molar-refractivity contribution in [3.05, 3.63) is 47.0 Å². The van der Waals surface area contributed by atoms with Crippen molar-refractivity contribution in [1.82, 2.24) is 10.3 Å². The van der Waals surface area contributed by atoms with Crippen molar-refractivity contribution in [1.29, 1.82) is 0 Å². The number of benzene rings is 1. The Morgan fingerprint density at radius 2 is 2.12 bits per heavy atom. The molecule has 5 nitrogen and oxygen atoms in total. The number of nitrogens with zero attached hydrogens (tertiary/aromatic N) is 2. The van der Waals surface area contributed by atoms with Gasteiger partial charge in [-0.25, -0.2) is 5.43 Å². The van der Waals surface area contributed by atoms with E-state index in [-0.39, 0.29) is 18.3 Å². The van der Waals surface area contributed by atoms with E-state index in [2.05, 4.69) is 21.5 Å². The van der Waals surface area contributed by atoms with Gasteiger partial charge in [-0.3, -0.25) is 9.69 Å². The van der Waals surface area contributed by atoms with E-state index in [1.807, 2.05) is 31.2 Å². The summed E-state index contributed by atoms with van der Waals surface area (Å²) in [6, 6.07) is 8.03. The molecule has 0 bridgehead atoms. The molecule has 1 aromatic carbocycles. The molecule has 0 aliphatic carbocycles. The predicted octanol–water partition coefficient (Wildman–Crippen LogP) is 2.26. The van der Waals surface area contributed by atoms with Gasteiger partial charge in [-0.2, -0.15) is 5.10 Å². The number of carbonyl (C=O) groups is 1. The maximum atomic E-state index is 11.1. The first-order valence-electron chi connectivity index (χ1n) is 7.77. The van der Waals surface area contributed by atoms with Crippen LogP contribution in [0.2, 0.25) is 0 Å². The highest BCUT2D eigenvalue weighted by molar-refractivity contribution is 8.15. The molecular formula is C17H22ClN3O2S. The summed E-state index contributed by atoms with van der Waals surface area (Å²) in [6.07, 6.45) is 2.57. The van der Waals surface area contributed by atoms with Crippen LogP contribution >= 0.6 is 24.2 Å². The van der Waals surface area contributed by atoms with Gasteiger partial charge in [0.15, 0.2) is 0 Å². The minimum absolute atomic E-state index is 0. The van der Waals surface area contributed by atoms with Gasteiger partial charge in [-0.05, 0) is 24.5 Å². The van der Waals surface area contributed by atoms with Crippen LogP contribution in [-0.2, 0) is 4.79 Å². The summed E-state index contributed by atoms with van der Waals surface area (Å²) in [7, 11) is 0. The summed E-state index contributed by atoms with van der Waals surface area (Å²) in [5.74, 6) is 0.393. The van der Waals surface area contributed by atoms with Crippen LogP contribution in [0.1, 0.15) is 23.7 Å². The molecule has 1 atom stereocenters. The average molecular weight is 368 g/mol. The fourth-order valence-electron chi connectivity index (χ4n) is 2.69. The number of aryl methyl sites for hydroxylation is 1. The molecular weight excluding hydrogens is 346 g/mol.